The van der Waals surface area contributed by atoms with Crippen LogP contribution in [0.25, 0.3) is 11.1 Å². The number of aliphatic hydroxyl groups excluding tert-OH is 1. The van der Waals surface area contributed by atoms with Gasteiger partial charge < -0.3 is 10.8 Å². The second kappa shape index (κ2) is 9.16. The number of benzene rings is 2. The molecule has 2 aromatic rings. The Morgan fingerprint density at radius 2 is 1.55 bits per heavy atom. The van der Waals surface area contributed by atoms with Gasteiger partial charge in [-0.1, -0.05) is 68.8 Å². The minimum absolute atomic E-state index is 0.0509. The predicted molar refractivity (Wildman–Crippen MR) is 87.5 cm³/mol. The molecule has 0 heterocycles. The maximum absolute atomic E-state index is 8.86. The standard InChI is InChI=1S/C12H11N.C6H14O/c13-12-9-5-4-8-11(12)10-6-2-1-3-7-10;1-3-5-6(7)4-2/h1-9H,13H2;6-7H,3-5H2,1-2H3. The summed E-state index contributed by atoms with van der Waals surface area (Å²) in [5, 5.41) is 8.86. The van der Waals surface area contributed by atoms with E-state index in [9.17, 15) is 0 Å². The number of hydrogen-bond donors (Lipinski definition) is 2. The van der Waals surface area contributed by atoms with Gasteiger partial charge >= 0.3 is 0 Å². The third-order valence-corrected chi connectivity index (χ3v) is 3.14. The topological polar surface area (TPSA) is 46.2 Å². The van der Waals surface area contributed by atoms with Crippen LogP contribution in [0.15, 0.2) is 54.6 Å². The van der Waals surface area contributed by atoms with Crippen LogP contribution in [0.3, 0.4) is 0 Å². The van der Waals surface area contributed by atoms with E-state index in [0.29, 0.717) is 0 Å². The fraction of sp³-hybridized carbons (Fsp3) is 0.333. The van der Waals surface area contributed by atoms with Crippen molar-refractivity contribution in [1.29, 1.82) is 0 Å². The minimum atomic E-state index is -0.0509. The van der Waals surface area contributed by atoms with Crippen molar-refractivity contribution in [3.05, 3.63) is 54.6 Å². The van der Waals surface area contributed by atoms with E-state index in [-0.39, 0.29) is 6.10 Å². The van der Waals surface area contributed by atoms with Gasteiger partial charge in [0.25, 0.3) is 0 Å². The summed E-state index contributed by atoms with van der Waals surface area (Å²) in [7, 11) is 0. The quantitative estimate of drug-likeness (QED) is 0.805. The molecule has 0 bridgehead atoms. The maximum Gasteiger partial charge on any atom is 0.0537 e. The summed E-state index contributed by atoms with van der Waals surface area (Å²) in [5.74, 6) is 0. The third-order valence-electron chi connectivity index (χ3n) is 3.14. The molecule has 0 radical (unpaired) electrons. The van der Waals surface area contributed by atoms with Crippen LogP contribution < -0.4 is 5.73 Å². The Kier molecular flexibility index (Phi) is 7.44. The van der Waals surface area contributed by atoms with E-state index < -0.39 is 0 Å². The highest BCUT2D eigenvalue weighted by atomic mass is 16.3. The molecule has 1 atom stereocenters. The Labute approximate surface area is 122 Å². The van der Waals surface area contributed by atoms with Crippen molar-refractivity contribution in [2.24, 2.45) is 0 Å². The van der Waals surface area contributed by atoms with Crippen molar-refractivity contribution in [2.45, 2.75) is 39.2 Å². The van der Waals surface area contributed by atoms with E-state index >= 15 is 0 Å². The van der Waals surface area contributed by atoms with Crippen molar-refractivity contribution in [2.75, 3.05) is 5.73 Å². The van der Waals surface area contributed by atoms with Gasteiger partial charge in [0.1, 0.15) is 0 Å². The average Bonchev–Trinajstić information content (AvgIpc) is 2.49. The molecule has 0 aliphatic heterocycles. The van der Waals surface area contributed by atoms with Gasteiger partial charge in [0.05, 0.1) is 6.10 Å². The van der Waals surface area contributed by atoms with E-state index in [1.54, 1.807) is 0 Å². The first-order valence-corrected chi connectivity index (χ1v) is 7.27. The Morgan fingerprint density at radius 3 is 2.05 bits per heavy atom. The summed E-state index contributed by atoms with van der Waals surface area (Å²) >= 11 is 0. The smallest absolute Gasteiger partial charge is 0.0537 e. The van der Waals surface area contributed by atoms with Gasteiger partial charge in [-0.15, -0.1) is 0 Å². The largest absolute Gasteiger partial charge is 0.398 e. The lowest BCUT2D eigenvalue weighted by Gasteiger charge is -2.03. The molecule has 0 aliphatic rings. The summed E-state index contributed by atoms with van der Waals surface area (Å²) < 4.78 is 0. The van der Waals surface area contributed by atoms with Gasteiger partial charge in [-0.25, -0.2) is 0 Å². The minimum Gasteiger partial charge on any atom is -0.398 e. The molecular weight excluding hydrogens is 246 g/mol. The number of para-hydroxylation sites is 1. The van der Waals surface area contributed by atoms with Crippen molar-refractivity contribution >= 4 is 5.69 Å². The summed E-state index contributed by atoms with van der Waals surface area (Å²) in [4.78, 5) is 0. The van der Waals surface area contributed by atoms with E-state index in [4.69, 9.17) is 10.8 Å². The van der Waals surface area contributed by atoms with Crippen LogP contribution in [0, 0.1) is 0 Å². The summed E-state index contributed by atoms with van der Waals surface area (Å²) in [5.41, 5.74) is 8.95. The molecule has 2 rings (SSSR count). The molecule has 0 aromatic heterocycles. The number of hydrogen-bond acceptors (Lipinski definition) is 2. The van der Waals surface area contributed by atoms with E-state index in [2.05, 4.69) is 19.1 Å². The number of aliphatic hydroxyl groups is 1. The van der Waals surface area contributed by atoms with E-state index in [1.807, 2.05) is 49.4 Å². The van der Waals surface area contributed by atoms with Crippen molar-refractivity contribution in [3.8, 4) is 11.1 Å². The second-order valence-corrected chi connectivity index (χ2v) is 4.80. The van der Waals surface area contributed by atoms with Gasteiger partial charge in [-0.05, 0) is 24.5 Å². The van der Waals surface area contributed by atoms with Crippen molar-refractivity contribution in [1.82, 2.24) is 0 Å². The Hall–Kier alpha value is -1.80. The second-order valence-electron chi connectivity index (χ2n) is 4.80. The van der Waals surface area contributed by atoms with Crippen molar-refractivity contribution in [3.63, 3.8) is 0 Å². The third kappa shape index (κ3) is 5.45. The van der Waals surface area contributed by atoms with Crippen molar-refractivity contribution < 1.29 is 5.11 Å². The Morgan fingerprint density at radius 1 is 0.950 bits per heavy atom. The molecule has 2 nitrogen and oxygen atoms in total. The number of anilines is 1. The molecule has 0 fully saturated rings. The molecule has 0 saturated heterocycles. The molecule has 108 valence electrons. The molecule has 0 spiro atoms. The zero-order valence-electron chi connectivity index (χ0n) is 12.4. The summed E-state index contributed by atoms with van der Waals surface area (Å²) in [6.07, 6.45) is 2.89. The first-order chi connectivity index (χ1) is 9.69. The highest BCUT2D eigenvalue weighted by Gasteiger charge is 1.98. The van der Waals surface area contributed by atoms with Gasteiger partial charge in [0, 0.05) is 11.3 Å². The molecule has 2 aromatic carbocycles. The fourth-order valence-corrected chi connectivity index (χ4v) is 1.91. The van der Waals surface area contributed by atoms with E-state index in [0.717, 1.165) is 30.5 Å². The highest BCUT2D eigenvalue weighted by molar-refractivity contribution is 5.75. The summed E-state index contributed by atoms with van der Waals surface area (Å²) in [6, 6.07) is 18.1. The molecule has 3 N–H and O–H groups in total. The van der Waals surface area contributed by atoms with Crippen LogP contribution in [0.2, 0.25) is 0 Å². The van der Waals surface area contributed by atoms with Crippen LogP contribution in [0.1, 0.15) is 33.1 Å². The SMILES string of the molecule is CCCC(O)CC.Nc1ccccc1-c1ccccc1. The van der Waals surface area contributed by atoms with Crippen LogP contribution in [0.5, 0.6) is 0 Å². The number of rotatable bonds is 4. The number of nitrogen functional groups attached to an aromatic ring is 1. The fourth-order valence-electron chi connectivity index (χ4n) is 1.91. The first kappa shape index (κ1) is 16.3. The molecule has 0 aliphatic carbocycles. The molecule has 20 heavy (non-hydrogen) atoms. The summed E-state index contributed by atoms with van der Waals surface area (Å²) in [6.45, 7) is 4.08. The average molecular weight is 271 g/mol. The Balaban J connectivity index is 0.000000246. The lowest BCUT2D eigenvalue weighted by Crippen LogP contribution is -2.01. The molecule has 2 heteroatoms. The van der Waals surface area contributed by atoms with Crippen LogP contribution >= 0.6 is 0 Å². The van der Waals surface area contributed by atoms with Gasteiger partial charge in [0.2, 0.25) is 0 Å². The van der Waals surface area contributed by atoms with Gasteiger partial charge in [-0.2, -0.15) is 0 Å². The highest BCUT2D eigenvalue weighted by Crippen LogP contribution is 2.24. The molecule has 0 saturated carbocycles. The molecular formula is C18H25NO. The van der Waals surface area contributed by atoms with Crippen LogP contribution in [-0.2, 0) is 0 Å². The van der Waals surface area contributed by atoms with Gasteiger partial charge in [-0.3, -0.25) is 0 Å². The van der Waals surface area contributed by atoms with Gasteiger partial charge in [0.15, 0.2) is 0 Å². The zero-order valence-corrected chi connectivity index (χ0v) is 12.4. The zero-order chi connectivity index (χ0) is 14.8. The Bertz CT molecular complexity index is 482. The lowest BCUT2D eigenvalue weighted by molar-refractivity contribution is 0.159. The molecule has 1 unspecified atom stereocenters. The predicted octanol–water partition coefficient (Wildman–Crippen LogP) is 4.49. The normalized spacial score (nSPS) is 11.3. The first-order valence-electron chi connectivity index (χ1n) is 7.27. The lowest BCUT2D eigenvalue weighted by atomic mass is 10.0. The van der Waals surface area contributed by atoms with Crippen LogP contribution in [-0.4, -0.2) is 11.2 Å². The molecule has 0 amide bonds. The maximum atomic E-state index is 8.86. The van der Waals surface area contributed by atoms with Crippen LogP contribution in [0.4, 0.5) is 5.69 Å². The number of nitrogens with two attached hydrogens (primary N) is 1. The monoisotopic (exact) mass is 271 g/mol. The van der Waals surface area contributed by atoms with E-state index in [1.165, 1.54) is 5.56 Å².